The van der Waals surface area contributed by atoms with E-state index in [1.54, 1.807) is 27.4 Å². The number of hydrogen-bond acceptors (Lipinski definition) is 9. The summed E-state index contributed by atoms with van der Waals surface area (Å²) in [5, 5.41) is 23.1. The van der Waals surface area contributed by atoms with Crippen molar-refractivity contribution in [2.45, 2.75) is 25.9 Å². The van der Waals surface area contributed by atoms with Gasteiger partial charge in [0.25, 0.3) is 0 Å². The van der Waals surface area contributed by atoms with E-state index in [2.05, 4.69) is 22.1 Å². The maximum atomic E-state index is 9.21. The molecule has 36 heavy (non-hydrogen) atoms. The fourth-order valence-electron chi connectivity index (χ4n) is 4.60. The van der Waals surface area contributed by atoms with Gasteiger partial charge in [-0.2, -0.15) is 0 Å². The van der Waals surface area contributed by atoms with Crippen LogP contribution in [-0.4, -0.2) is 55.9 Å². The first kappa shape index (κ1) is 23.7. The number of aliphatic hydroxyl groups excluding tert-OH is 1. The predicted octanol–water partition coefficient (Wildman–Crippen LogP) is 4.74. The van der Waals surface area contributed by atoms with Crippen LogP contribution >= 0.6 is 0 Å². The van der Waals surface area contributed by atoms with Crippen LogP contribution in [0.15, 0.2) is 40.8 Å². The summed E-state index contributed by atoms with van der Waals surface area (Å²) in [6.07, 6.45) is 1.13. The Bertz CT molecular complexity index is 1460. The van der Waals surface area contributed by atoms with E-state index in [1.807, 2.05) is 25.1 Å². The number of furan rings is 1. The first-order valence-electron chi connectivity index (χ1n) is 11.7. The fourth-order valence-corrected chi connectivity index (χ4v) is 4.60. The summed E-state index contributed by atoms with van der Waals surface area (Å²) in [4.78, 5) is 0. The maximum Gasteiger partial charge on any atom is 0.192 e. The minimum atomic E-state index is -0.0974. The van der Waals surface area contributed by atoms with Crippen LogP contribution < -0.4 is 24.3 Å². The first-order chi connectivity index (χ1) is 17.5. The van der Waals surface area contributed by atoms with Gasteiger partial charge in [-0.1, -0.05) is 6.58 Å². The van der Waals surface area contributed by atoms with Crippen LogP contribution in [0.25, 0.3) is 33.2 Å². The van der Waals surface area contributed by atoms with Gasteiger partial charge in [0, 0.05) is 42.2 Å². The average Bonchev–Trinajstić information content (AvgIpc) is 3.49. The fraction of sp³-hybridized carbons (Fsp3) is 0.333. The van der Waals surface area contributed by atoms with Gasteiger partial charge in [-0.25, -0.2) is 0 Å². The number of hydrogen-bond donors (Lipinski definition) is 2. The molecule has 0 bridgehead atoms. The van der Waals surface area contributed by atoms with E-state index in [0.717, 1.165) is 33.2 Å². The third kappa shape index (κ3) is 3.85. The molecule has 0 fully saturated rings. The number of rotatable bonds is 9. The van der Waals surface area contributed by atoms with E-state index >= 15 is 0 Å². The highest BCUT2D eigenvalue weighted by Gasteiger charge is 2.30. The number of anilines is 1. The molecule has 188 valence electrons. The van der Waals surface area contributed by atoms with Gasteiger partial charge >= 0.3 is 0 Å². The van der Waals surface area contributed by atoms with Crippen LogP contribution in [0.2, 0.25) is 0 Å². The standard InChI is InChI=1S/C27H29N3O6/c1-14(2)19-12-17-18(35-19)8-7-15(25(17)34-5)24-23-16-11-21(32-3)22(33-4)13-20(16)36-26(23)27(30-29-24)28-9-6-10-31/h7-8,11,13,19,31H,1,6,9-10,12H2,2-5H3,(H,28,30)/t19-/m1/s1. The van der Waals surface area contributed by atoms with Crippen molar-refractivity contribution in [3.8, 4) is 34.3 Å². The third-order valence-electron chi connectivity index (χ3n) is 6.41. The van der Waals surface area contributed by atoms with Crippen LogP contribution in [0.4, 0.5) is 5.82 Å². The smallest absolute Gasteiger partial charge is 0.192 e. The quantitative estimate of drug-likeness (QED) is 0.253. The van der Waals surface area contributed by atoms with Gasteiger partial charge in [0.1, 0.15) is 28.9 Å². The second-order valence-electron chi connectivity index (χ2n) is 8.69. The number of fused-ring (bicyclic) bond motifs is 4. The van der Waals surface area contributed by atoms with Crippen LogP contribution in [0, 0.1) is 0 Å². The number of nitrogens with zero attached hydrogens (tertiary/aromatic N) is 2. The van der Waals surface area contributed by atoms with Crippen molar-refractivity contribution in [2.75, 3.05) is 39.8 Å². The maximum absolute atomic E-state index is 9.21. The number of nitrogens with one attached hydrogen (secondary N) is 1. The van der Waals surface area contributed by atoms with Crippen LogP contribution in [0.3, 0.4) is 0 Å². The lowest BCUT2D eigenvalue weighted by molar-refractivity contribution is 0.271. The van der Waals surface area contributed by atoms with Crippen molar-refractivity contribution in [1.82, 2.24) is 10.2 Å². The highest BCUT2D eigenvalue weighted by atomic mass is 16.5. The molecule has 0 radical (unpaired) electrons. The zero-order valence-electron chi connectivity index (χ0n) is 20.8. The molecule has 0 spiro atoms. The second kappa shape index (κ2) is 9.58. The molecule has 0 unspecified atom stereocenters. The lowest BCUT2D eigenvalue weighted by Gasteiger charge is -2.13. The number of benzene rings is 2. The van der Waals surface area contributed by atoms with Crippen molar-refractivity contribution in [2.24, 2.45) is 0 Å². The summed E-state index contributed by atoms with van der Waals surface area (Å²) in [5.41, 5.74) is 4.46. The monoisotopic (exact) mass is 491 g/mol. The van der Waals surface area contributed by atoms with E-state index in [1.165, 1.54) is 0 Å². The van der Waals surface area contributed by atoms with Crippen LogP contribution in [0.5, 0.6) is 23.0 Å². The third-order valence-corrected chi connectivity index (χ3v) is 6.41. The van der Waals surface area contributed by atoms with E-state index in [-0.39, 0.29) is 12.7 Å². The largest absolute Gasteiger partial charge is 0.496 e. The highest BCUT2D eigenvalue weighted by Crippen LogP contribution is 2.47. The Morgan fingerprint density at radius 2 is 1.92 bits per heavy atom. The molecule has 2 aromatic heterocycles. The molecule has 3 heterocycles. The van der Waals surface area contributed by atoms with Gasteiger partial charge in [-0.05, 0) is 37.1 Å². The van der Waals surface area contributed by atoms with E-state index in [4.69, 9.17) is 23.4 Å². The first-order valence-corrected chi connectivity index (χ1v) is 11.7. The summed E-state index contributed by atoms with van der Waals surface area (Å²) in [6, 6.07) is 7.53. The van der Waals surface area contributed by atoms with E-state index in [9.17, 15) is 5.11 Å². The molecule has 5 rings (SSSR count). The number of methoxy groups -OCH3 is 3. The minimum absolute atomic E-state index is 0.0652. The molecule has 2 aromatic carbocycles. The summed E-state index contributed by atoms with van der Waals surface area (Å²) in [6.45, 7) is 6.59. The Morgan fingerprint density at radius 3 is 2.61 bits per heavy atom. The molecule has 4 aromatic rings. The zero-order chi connectivity index (χ0) is 25.4. The molecular formula is C27H29N3O6. The SMILES string of the molecule is C=C(C)[C@H]1Cc2c(ccc(-c3nnc(NCCCO)c4oc5cc(OC)c(OC)cc5c34)c2OC)O1. The van der Waals surface area contributed by atoms with Crippen LogP contribution in [-0.2, 0) is 6.42 Å². The Labute approximate surface area is 208 Å². The topological polar surface area (TPSA) is 108 Å². The molecule has 1 aliphatic rings. The summed E-state index contributed by atoms with van der Waals surface area (Å²) < 4.78 is 29.3. The zero-order valence-corrected chi connectivity index (χ0v) is 20.8. The van der Waals surface area contributed by atoms with E-state index in [0.29, 0.717) is 59.3 Å². The molecule has 1 aliphatic heterocycles. The molecule has 1 atom stereocenters. The molecule has 9 nitrogen and oxygen atoms in total. The molecule has 0 saturated carbocycles. The van der Waals surface area contributed by atoms with Crippen molar-refractivity contribution in [3.05, 3.63) is 42.0 Å². The van der Waals surface area contributed by atoms with Crippen molar-refractivity contribution in [3.63, 3.8) is 0 Å². The predicted molar refractivity (Wildman–Crippen MR) is 138 cm³/mol. The molecule has 2 N–H and O–H groups in total. The molecule has 0 saturated heterocycles. The average molecular weight is 492 g/mol. The van der Waals surface area contributed by atoms with Gasteiger partial charge < -0.3 is 33.8 Å². The Morgan fingerprint density at radius 1 is 1.14 bits per heavy atom. The van der Waals surface area contributed by atoms with Gasteiger partial charge in [0.2, 0.25) is 0 Å². The molecule has 0 aliphatic carbocycles. The number of aliphatic hydroxyl groups is 1. The lowest BCUT2D eigenvalue weighted by Crippen LogP contribution is -2.13. The summed E-state index contributed by atoms with van der Waals surface area (Å²) in [5.74, 6) is 3.08. The Balaban J connectivity index is 1.76. The summed E-state index contributed by atoms with van der Waals surface area (Å²) >= 11 is 0. The van der Waals surface area contributed by atoms with Crippen molar-refractivity contribution < 1.29 is 28.5 Å². The molecule has 9 heteroatoms. The Hall–Kier alpha value is -3.98. The highest BCUT2D eigenvalue weighted by molar-refractivity contribution is 6.15. The lowest BCUT2D eigenvalue weighted by atomic mass is 9.98. The van der Waals surface area contributed by atoms with Gasteiger partial charge in [-0.3, -0.25) is 0 Å². The minimum Gasteiger partial charge on any atom is -0.496 e. The number of ether oxygens (including phenoxy) is 4. The Kier molecular flexibility index (Phi) is 6.32. The van der Waals surface area contributed by atoms with Gasteiger partial charge in [0.15, 0.2) is 22.9 Å². The normalized spacial score (nSPS) is 14.5. The van der Waals surface area contributed by atoms with Crippen LogP contribution in [0.1, 0.15) is 18.9 Å². The summed E-state index contributed by atoms with van der Waals surface area (Å²) in [7, 11) is 4.82. The van der Waals surface area contributed by atoms with E-state index < -0.39 is 0 Å². The molecule has 0 amide bonds. The van der Waals surface area contributed by atoms with Gasteiger partial charge in [-0.15, -0.1) is 10.2 Å². The van der Waals surface area contributed by atoms with Gasteiger partial charge in [0.05, 0.1) is 26.7 Å². The van der Waals surface area contributed by atoms with Crippen molar-refractivity contribution >= 4 is 27.8 Å². The molecular weight excluding hydrogens is 462 g/mol. The number of aromatic nitrogens is 2. The van der Waals surface area contributed by atoms with Crippen molar-refractivity contribution in [1.29, 1.82) is 0 Å². The second-order valence-corrected chi connectivity index (χ2v) is 8.69.